The van der Waals surface area contributed by atoms with Crippen molar-refractivity contribution in [3.63, 3.8) is 0 Å². The van der Waals surface area contributed by atoms with Crippen LogP contribution in [-0.2, 0) is 4.79 Å². The summed E-state index contributed by atoms with van der Waals surface area (Å²) in [5.41, 5.74) is 5.03. The third-order valence-electron chi connectivity index (χ3n) is 4.86. The fourth-order valence-electron chi connectivity index (χ4n) is 3.36. The van der Waals surface area contributed by atoms with Crippen molar-refractivity contribution in [1.29, 1.82) is 5.41 Å². The van der Waals surface area contributed by atoms with Crippen LogP contribution in [0.4, 0.5) is 0 Å². The standard InChI is InChI=1S/C20H18ClN5OS2/c1-10-8-13(12(3)25(10)16-7-5-6-15(21)11(16)2)9-14-17(22)26-19(23-18(14)27)29-20(24-26)28-4/h5-9,22H,1-4H3. The summed E-state index contributed by atoms with van der Waals surface area (Å²) < 4.78 is 2.87. The quantitative estimate of drug-likeness (QED) is 0.663. The normalized spacial score (nSPS) is 17.7. The number of fused-ring (bicyclic) bond motifs is 1. The largest absolute Gasteiger partial charge is 0.318 e. The average molecular weight is 444 g/mol. The Kier molecular flexibility index (Phi) is 5.18. The first-order chi connectivity index (χ1) is 13.8. The Morgan fingerprint density at radius 2 is 2.03 bits per heavy atom. The third kappa shape index (κ3) is 3.35. The molecule has 0 unspecified atom stereocenters. The van der Waals surface area contributed by atoms with E-state index < -0.39 is 5.91 Å². The third-order valence-corrected chi connectivity index (χ3v) is 7.15. The maximum atomic E-state index is 12.6. The van der Waals surface area contributed by atoms with Crippen LogP contribution in [0, 0.1) is 26.2 Å². The molecule has 9 heteroatoms. The zero-order valence-electron chi connectivity index (χ0n) is 16.3. The fraction of sp³-hybridized carbons (Fsp3) is 0.200. The molecule has 0 radical (unpaired) electrons. The van der Waals surface area contributed by atoms with E-state index in [2.05, 4.69) is 14.7 Å². The molecule has 2 aliphatic heterocycles. The van der Waals surface area contributed by atoms with Crippen molar-refractivity contribution >= 4 is 62.5 Å². The molecule has 0 spiro atoms. The summed E-state index contributed by atoms with van der Waals surface area (Å²) >= 11 is 9.08. The smallest absolute Gasteiger partial charge is 0.283 e. The topological polar surface area (TPSA) is 73.8 Å². The summed E-state index contributed by atoms with van der Waals surface area (Å²) in [5.74, 6) is -0.379. The van der Waals surface area contributed by atoms with Crippen molar-refractivity contribution in [3.05, 3.63) is 57.4 Å². The number of halogens is 1. The van der Waals surface area contributed by atoms with Gasteiger partial charge in [-0.25, -0.2) is 0 Å². The van der Waals surface area contributed by atoms with Crippen molar-refractivity contribution in [1.82, 2.24) is 9.58 Å². The van der Waals surface area contributed by atoms with E-state index in [9.17, 15) is 4.79 Å². The van der Waals surface area contributed by atoms with Crippen molar-refractivity contribution < 1.29 is 4.79 Å². The number of nitrogens with one attached hydrogen (secondary N) is 1. The molecule has 148 valence electrons. The van der Waals surface area contributed by atoms with Gasteiger partial charge in [-0.3, -0.25) is 10.2 Å². The van der Waals surface area contributed by atoms with Gasteiger partial charge in [-0.15, -0.1) is 16.9 Å². The van der Waals surface area contributed by atoms with Crippen LogP contribution in [0.15, 0.2) is 39.9 Å². The molecule has 0 saturated heterocycles. The van der Waals surface area contributed by atoms with Gasteiger partial charge in [0.15, 0.2) is 10.2 Å². The average Bonchev–Trinajstić information content (AvgIpc) is 3.22. The monoisotopic (exact) mass is 443 g/mol. The second-order valence-electron chi connectivity index (χ2n) is 6.64. The highest BCUT2D eigenvalue weighted by Gasteiger charge is 2.35. The summed E-state index contributed by atoms with van der Waals surface area (Å²) in [6, 6.07) is 7.80. The van der Waals surface area contributed by atoms with Crippen LogP contribution in [0.25, 0.3) is 11.8 Å². The van der Waals surface area contributed by atoms with Crippen LogP contribution in [0.1, 0.15) is 22.5 Å². The molecule has 29 heavy (non-hydrogen) atoms. The number of benzene rings is 1. The second kappa shape index (κ2) is 7.51. The minimum absolute atomic E-state index is 0.0419. The first-order valence-electron chi connectivity index (χ1n) is 8.80. The Morgan fingerprint density at radius 1 is 1.28 bits per heavy atom. The van der Waals surface area contributed by atoms with Gasteiger partial charge >= 0.3 is 0 Å². The number of hydrogen-bond acceptors (Lipinski definition) is 5. The van der Waals surface area contributed by atoms with Crippen molar-refractivity contribution in [2.75, 3.05) is 6.26 Å². The van der Waals surface area contributed by atoms with Crippen LogP contribution in [0.3, 0.4) is 0 Å². The lowest BCUT2D eigenvalue weighted by molar-refractivity contribution is -0.114. The van der Waals surface area contributed by atoms with E-state index in [1.165, 1.54) is 28.5 Å². The van der Waals surface area contributed by atoms with E-state index in [1.807, 2.05) is 51.3 Å². The van der Waals surface area contributed by atoms with Crippen LogP contribution < -0.4 is 0 Å². The van der Waals surface area contributed by atoms with Crippen LogP contribution >= 0.6 is 35.1 Å². The Hall–Kier alpha value is -2.29. The van der Waals surface area contributed by atoms with E-state index in [-0.39, 0.29) is 11.4 Å². The van der Waals surface area contributed by atoms with E-state index in [4.69, 9.17) is 17.0 Å². The zero-order chi connectivity index (χ0) is 20.9. The van der Waals surface area contributed by atoms with Gasteiger partial charge < -0.3 is 4.57 Å². The molecule has 0 aliphatic carbocycles. The van der Waals surface area contributed by atoms with Crippen LogP contribution in [-0.4, -0.2) is 37.1 Å². The molecule has 0 fully saturated rings. The Bertz CT molecular complexity index is 1160. The molecule has 4 rings (SSSR count). The first kappa shape index (κ1) is 20.0. The molecule has 2 aromatic rings. The van der Waals surface area contributed by atoms with Gasteiger partial charge in [0.25, 0.3) is 5.91 Å². The predicted molar refractivity (Wildman–Crippen MR) is 124 cm³/mol. The molecule has 0 atom stereocenters. The van der Waals surface area contributed by atoms with Crippen molar-refractivity contribution in [2.24, 2.45) is 10.1 Å². The van der Waals surface area contributed by atoms with Gasteiger partial charge in [0.05, 0.1) is 5.57 Å². The molecular weight excluding hydrogens is 426 g/mol. The summed E-state index contributed by atoms with van der Waals surface area (Å²) in [6.45, 7) is 5.98. The van der Waals surface area contributed by atoms with Crippen LogP contribution in [0.2, 0.25) is 5.02 Å². The van der Waals surface area contributed by atoms with Gasteiger partial charge in [-0.05, 0) is 74.2 Å². The zero-order valence-corrected chi connectivity index (χ0v) is 18.7. The molecule has 1 amide bonds. The number of hydrazone groups is 1. The van der Waals surface area contributed by atoms with Crippen LogP contribution in [0.5, 0.6) is 0 Å². The van der Waals surface area contributed by atoms with Gasteiger partial charge in [-0.2, -0.15) is 10.0 Å². The summed E-state index contributed by atoms with van der Waals surface area (Å²) in [6.07, 6.45) is 3.63. The predicted octanol–water partition coefficient (Wildman–Crippen LogP) is 5.00. The number of nitrogens with zero attached hydrogens (tertiary/aromatic N) is 4. The number of aryl methyl sites for hydroxylation is 1. The molecule has 2 aliphatic rings. The Balaban J connectivity index is 1.78. The van der Waals surface area contributed by atoms with E-state index in [1.54, 1.807) is 6.08 Å². The lowest BCUT2D eigenvalue weighted by Gasteiger charge is -2.20. The van der Waals surface area contributed by atoms with Gasteiger partial charge in [0, 0.05) is 22.1 Å². The lowest BCUT2D eigenvalue weighted by Crippen LogP contribution is -2.35. The number of rotatable bonds is 2. The van der Waals surface area contributed by atoms with E-state index in [0.29, 0.717) is 10.2 Å². The highest BCUT2D eigenvalue weighted by molar-refractivity contribution is 8.45. The second-order valence-corrected chi connectivity index (χ2v) is 9.05. The van der Waals surface area contributed by atoms with E-state index >= 15 is 0 Å². The minimum atomic E-state index is -0.421. The molecule has 3 heterocycles. The van der Waals surface area contributed by atoms with Gasteiger partial charge in [-0.1, -0.05) is 17.7 Å². The number of thioether (sulfide) groups is 2. The molecule has 0 bridgehead atoms. The van der Waals surface area contributed by atoms with Crippen molar-refractivity contribution in [2.45, 2.75) is 20.8 Å². The highest BCUT2D eigenvalue weighted by Crippen LogP contribution is 2.33. The van der Waals surface area contributed by atoms with Crippen molar-refractivity contribution in [3.8, 4) is 5.69 Å². The number of aliphatic imine (C=N–C) groups is 1. The number of aromatic nitrogens is 1. The Labute approximate surface area is 182 Å². The minimum Gasteiger partial charge on any atom is -0.318 e. The number of hydrogen-bond donors (Lipinski definition) is 1. The number of amides is 1. The van der Waals surface area contributed by atoms with Gasteiger partial charge in [0.1, 0.15) is 0 Å². The van der Waals surface area contributed by atoms with E-state index in [0.717, 1.165) is 32.6 Å². The lowest BCUT2D eigenvalue weighted by atomic mass is 10.1. The maximum absolute atomic E-state index is 12.6. The first-order valence-corrected chi connectivity index (χ1v) is 11.2. The SMILES string of the molecule is CSC1=NN2C(=N)C(=Cc3cc(C)n(-c4cccc(Cl)c4C)c3C)C(=O)N=C2S1. The fourth-order valence-corrected chi connectivity index (χ4v) is 4.87. The summed E-state index contributed by atoms with van der Waals surface area (Å²) in [7, 11) is 0. The molecule has 1 aromatic carbocycles. The molecular formula is C20H18ClN5OS2. The molecule has 1 N–H and O–H groups in total. The maximum Gasteiger partial charge on any atom is 0.283 e. The Morgan fingerprint density at radius 3 is 2.76 bits per heavy atom. The highest BCUT2D eigenvalue weighted by atomic mass is 35.5. The molecule has 0 saturated carbocycles. The summed E-state index contributed by atoms with van der Waals surface area (Å²) in [4.78, 5) is 16.7. The number of amidine groups is 2. The number of carbonyl (C=O) groups excluding carboxylic acids is 1. The number of carbonyl (C=O) groups is 1. The summed E-state index contributed by atoms with van der Waals surface area (Å²) in [5, 5.41) is 15.4. The molecule has 6 nitrogen and oxygen atoms in total. The van der Waals surface area contributed by atoms with Gasteiger partial charge in [0.2, 0.25) is 5.17 Å². The molecule has 1 aromatic heterocycles.